The van der Waals surface area contributed by atoms with Crippen molar-refractivity contribution in [1.82, 2.24) is 5.32 Å². The minimum absolute atomic E-state index is 0.0473. The maximum atomic E-state index is 11.7. The number of hydrogen-bond donors (Lipinski definition) is 2. The van der Waals surface area contributed by atoms with E-state index in [-0.39, 0.29) is 11.6 Å². The lowest BCUT2D eigenvalue weighted by Crippen LogP contribution is -2.27. The van der Waals surface area contributed by atoms with Crippen LogP contribution in [-0.4, -0.2) is 23.9 Å². The Morgan fingerprint density at radius 3 is 2.50 bits per heavy atom. The van der Waals surface area contributed by atoms with Crippen LogP contribution in [0.5, 0.6) is 0 Å². The van der Waals surface area contributed by atoms with Crippen LogP contribution in [0.4, 0.5) is 11.4 Å². The number of amides is 1. The van der Waals surface area contributed by atoms with Crippen molar-refractivity contribution < 1.29 is 9.72 Å². The van der Waals surface area contributed by atoms with Crippen LogP contribution in [-0.2, 0) is 4.79 Å². The SMILES string of the molecule is O=C(/C=C/c1ccccc1Br)NCCNc1ccc([N+](=O)[O-])cc1. The predicted octanol–water partition coefficient (Wildman–Crippen LogP) is 3.60. The first-order valence-corrected chi connectivity index (χ1v) is 8.04. The average molecular weight is 390 g/mol. The predicted molar refractivity (Wildman–Crippen MR) is 97.8 cm³/mol. The third-order valence-corrected chi connectivity index (χ3v) is 3.87. The van der Waals surface area contributed by atoms with Gasteiger partial charge in [0.1, 0.15) is 0 Å². The van der Waals surface area contributed by atoms with E-state index in [9.17, 15) is 14.9 Å². The number of carbonyl (C=O) groups excluding carboxylic acids is 1. The van der Waals surface area contributed by atoms with Crippen LogP contribution in [0.15, 0.2) is 59.1 Å². The van der Waals surface area contributed by atoms with Gasteiger partial charge >= 0.3 is 0 Å². The first kappa shape index (κ1) is 17.7. The van der Waals surface area contributed by atoms with E-state index in [1.165, 1.54) is 18.2 Å². The number of carbonyl (C=O) groups is 1. The minimum Gasteiger partial charge on any atom is -0.383 e. The number of hydrogen-bond acceptors (Lipinski definition) is 4. The van der Waals surface area contributed by atoms with Gasteiger partial charge in [-0.05, 0) is 29.8 Å². The van der Waals surface area contributed by atoms with Gasteiger partial charge in [-0.2, -0.15) is 0 Å². The molecule has 0 bridgehead atoms. The molecule has 0 aliphatic carbocycles. The first-order valence-electron chi connectivity index (χ1n) is 7.25. The minimum atomic E-state index is -0.443. The van der Waals surface area contributed by atoms with Crippen molar-refractivity contribution >= 4 is 39.3 Å². The summed E-state index contributed by atoms with van der Waals surface area (Å²) in [4.78, 5) is 21.9. The molecule has 124 valence electrons. The van der Waals surface area contributed by atoms with Crippen LogP contribution in [0, 0.1) is 10.1 Å². The number of nitrogens with one attached hydrogen (secondary N) is 2. The Morgan fingerprint density at radius 1 is 1.12 bits per heavy atom. The Bertz CT molecular complexity index is 745. The van der Waals surface area contributed by atoms with E-state index < -0.39 is 4.92 Å². The largest absolute Gasteiger partial charge is 0.383 e. The van der Waals surface area contributed by atoms with Gasteiger partial charge in [0, 0.05) is 41.5 Å². The summed E-state index contributed by atoms with van der Waals surface area (Å²) in [5.74, 6) is -0.184. The van der Waals surface area contributed by atoms with E-state index in [0.29, 0.717) is 13.1 Å². The van der Waals surface area contributed by atoms with Crippen molar-refractivity contribution in [1.29, 1.82) is 0 Å². The maximum absolute atomic E-state index is 11.7. The van der Waals surface area contributed by atoms with Gasteiger partial charge in [0.05, 0.1) is 4.92 Å². The fourth-order valence-corrected chi connectivity index (χ4v) is 2.35. The number of benzene rings is 2. The highest BCUT2D eigenvalue weighted by atomic mass is 79.9. The topological polar surface area (TPSA) is 84.3 Å². The summed E-state index contributed by atoms with van der Waals surface area (Å²) in [5.41, 5.74) is 1.74. The van der Waals surface area contributed by atoms with Crippen LogP contribution in [0.25, 0.3) is 6.08 Å². The standard InChI is InChI=1S/C17H16BrN3O3/c18-16-4-2-1-3-13(16)5-10-17(22)20-12-11-19-14-6-8-15(9-7-14)21(23)24/h1-10,19H,11-12H2,(H,20,22)/b10-5+. The fraction of sp³-hybridized carbons (Fsp3) is 0.118. The molecule has 24 heavy (non-hydrogen) atoms. The molecule has 0 aliphatic heterocycles. The van der Waals surface area contributed by atoms with Gasteiger partial charge in [0.2, 0.25) is 5.91 Å². The summed E-state index contributed by atoms with van der Waals surface area (Å²) in [7, 11) is 0. The van der Waals surface area contributed by atoms with Gasteiger partial charge in [0.15, 0.2) is 0 Å². The molecule has 0 spiro atoms. The fourth-order valence-electron chi connectivity index (χ4n) is 1.93. The molecule has 0 aromatic heterocycles. The van der Waals surface area contributed by atoms with E-state index in [0.717, 1.165) is 15.7 Å². The van der Waals surface area contributed by atoms with Crippen molar-refractivity contribution in [2.45, 2.75) is 0 Å². The van der Waals surface area contributed by atoms with Gasteiger partial charge in [0.25, 0.3) is 5.69 Å². The van der Waals surface area contributed by atoms with E-state index in [1.54, 1.807) is 18.2 Å². The summed E-state index contributed by atoms with van der Waals surface area (Å²) in [6.45, 7) is 0.961. The molecule has 0 heterocycles. The monoisotopic (exact) mass is 389 g/mol. The van der Waals surface area contributed by atoms with Crippen molar-refractivity contribution in [2.24, 2.45) is 0 Å². The molecule has 2 aromatic rings. The van der Waals surface area contributed by atoms with Crippen LogP contribution < -0.4 is 10.6 Å². The number of non-ortho nitro benzene ring substituents is 1. The summed E-state index contributed by atoms with van der Waals surface area (Å²) < 4.78 is 0.925. The molecule has 2 rings (SSSR count). The molecule has 0 saturated carbocycles. The lowest BCUT2D eigenvalue weighted by atomic mass is 10.2. The van der Waals surface area contributed by atoms with Crippen LogP contribution in [0.1, 0.15) is 5.56 Å². The summed E-state index contributed by atoms with van der Waals surface area (Å²) in [6.07, 6.45) is 3.22. The van der Waals surface area contributed by atoms with E-state index >= 15 is 0 Å². The lowest BCUT2D eigenvalue weighted by molar-refractivity contribution is -0.384. The molecule has 0 fully saturated rings. The van der Waals surface area contributed by atoms with Crippen molar-refractivity contribution in [2.75, 3.05) is 18.4 Å². The van der Waals surface area contributed by atoms with E-state index in [1.807, 2.05) is 24.3 Å². The third kappa shape index (κ3) is 5.51. The second-order valence-corrected chi connectivity index (χ2v) is 5.73. The normalized spacial score (nSPS) is 10.5. The molecule has 0 unspecified atom stereocenters. The van der Waals surface area contributed by atoms with Gasteiger partial charge in [-0.15, -0.1) is 0 Å². The van der Waals surface area contributed by atoms with Gasteiger partial charge in [-0.3, -0.25) is 14.9 Å². The molecule has 0 radical (unpaired) electrons. The average Bonchev–Trinajstić information content (AvgIpc) is 2.58. The smallest absolute Gasteiger partial charge is 0.269 e. The number of nitrogens with zero attached hydrogens (tertiary/aromatic N) is 1. The molecule has 0 atom stereocenters. The summed E-state index contributed by atoms with van der Waals surface area (Å²) in [5, 5.41) is 16.4. The Morgan fingerprint density at radius 2 is 1.83 bits per heavy atom. The molecule has 2 aromatic carbocycles. The van der Waals surface area contributed by atoms with Gasteiger partial charge < -0.3 is 10.6 Å². The molecule has 6 nitrogen and oxygen atoms in total. The number of nitro groups is 1. The number of nitro benzene ring substituents is 1. The Labute approximate surface area is 147 Å². The number of halogens is 1. The Hall–Kier alpha value is -2.67. The van der Waals surface area contributed by atoms with Crippen LogP contribution in [0.3, 0.4) is 0 Å². The molecule has 0 saturated heterocycles. The zero-order valence-electron chi connectivity index (χ0n) is 12.7. The van der Waals surface area contributed by atoms with Crippen molar-refractivity contribution in [3.63, 3.8) is 0 Å². The summed E-state index contributed by atoms with van der Waals surface area (Å²) >= 11 is 3.41. The second kappa shape index (κ2) is 8.83. The highest BCUT2D eigenvalue weighted by Crippen LogP contribution is 2.17. The van der Waals surface area contributed by atoms with Crippen molar-refractivity contribution in [3.05, 3.63) is 74.8 Å². The first-order chi connectivity index (χ1) is 11.6. The maximum Gasteiger partial charge on any atom is 0.269 e. The third-order valence-electron chi connectivity index (χ3n) is 3.15. The molecule has 7 heteroatoms. The highest BCUT2D eigenvalue weighted by molar-refractivity contribution is 9.10. The van der Waals surface area contributed by atoms with Crippen LogP contribution >= 0.6 is 15.9 Å². The molecule has 1 amide bonds. The van der Waals surface area contributed by atoms with Gasteiger partial charge in [-0.25, -0.2) is 0 Å². The number of anilines is 1. The molecule has 0 aliphatic rings. The highest BCUT2D eigenvalue weighted by Gasteiger charge is 2.03. The second-order valence-electron chi connectivity index (χ2n) is 4.88. The molecular formula is C17H16BrN3O3. The van der Waals surface area contributed by atoms with Gasteiger partial charge in [-0.1, -0.05) is 34.1 Å². The zero-order valence-corrected chi connectivity index (χ0v) is 14.3. The van der Waals surface area contributed by atoms with Crippen molar-refractivity contribution in [3.8, 4) is 0 Å². The Balaban J connectivity index is 1.73. The number of rotatable bonds is 7. The quantitative estimate of drug-likeness (QED) is 0.328. The Kier molecular flexibility index (Phi) is 6.51. The zero-order chi connectivity index (χ0) is 17.4. The van der Waals surface area contributed by atoms with E-state index in [2.05, 4.69) is 26.6 Å². The molecular weight excluding hydrogens is 374 g/mol. The lowest BCUT2D eigenvalue weighted by Gasteiger charge is -2.06. The molecule has 2 N–H and O–H groups in total. The summed E-state index contributed by atoms with van der Waals surface area (Å²) in [6, 6.07) is 13.7. The van der Waals surface area contributed by atoms with E-state index in [4.69, 9.17) is 0 Å². The van der Waals surface area contributed by atoms with Crippen LogP contribution in [0.2, 0.25) is 0 Å².